The van der Waals surface area contributed by atoms with Crippen molar-refractivity contribution in [2.24, 2.45) is 0 Å². The second-order valence-electron chi connectivity index (χ2n) is 13.2. The summed E-state index contributed by atoms with van der Waals surface area (Å²) in [4.78, 5) is 1.48. The van der Waals surface area contributed by atoms with Crippen LogP contribution in [-0.2, 0) is 38.3 Å². The van der Waals surface area contributed by atoms with E-state index in [1.807, 2.05) is 24.1 Å². The van der Waals surface area contributed by atoms with Crippen LogP contribution in [0.3, 0.4) is 0 Å². The fourth-order valence-corrected chi connectivity index (χ4v) is 7.64. The topological polar surface area (TPSA) is 50.8 Å². The van der Waals surface area contributed by atoms with Gasteiger partial charge in [-0.15, -0.1) is 6.42 Å². The Hall–Kier alpha value is -4.98. The molecule has 4 aromatic rings. The van der Waals surface area contributed by atoms with Crippen molar-refractivity contribution in [2.75, 3.05) is 11.4 Å². The molecule has 3 nitrogen and oxygen atoms in total. The van der Waals surface area contributed by atoms with Gasteiger partial charge in [0.05, 0.1) is 39.7 Å². The summed E-state index contributed by atoms with van der Waals surface area (Å²) in [5.41, 5.74) is 4.92. The van der Waals surface area contributed by atoms with E-state index in [-0.39, 0.29) is 17.7 Å². The van der Waals surface area contributed by atoms with Crippen LogP contribution in [0.15, 0.2) is 48.5 Å². The van der Waals surface area contributed by atoms with Crippen molar-refractivity contribution in [3.63, 3.8) is 0 Å². The first-order chi connectivity index (χ1) is 25.1. The Morgan fingerprint density at radius 2 is 1.70 bits per heavy atom. The first-order valence-electron chi connectivity index (χ1n) is 17.2. The van der Waals surface area contributed by atoms with Gasteiger partial charge >= 0.3 is 6.18 Å². The molecule has 0 amide bonds. The van der Waals surface area contributed by atoms with Gasteiger partial charge in [-0.05, 0) is 107 Å². The Kier molecular flexibility index (Phi) is 11.5. The average molecular weight is 750 g/mol. The molecule has 1 heterocycles. The molecule has 0 fully saturated rings. The second kappa shape index (κ2) is 15.6. The summed E-state index contributed by atoms with van der Waals surface area (Å²) in [6, 6.07) is 15.9. The number of rotatable bonds is 6. The average Bonchev–Trinajstić information content (AvgIpc) is 3.37. The lowest BCUT2D eigenvalue weighted by molar-refractivity contribution is -0.140. The molecule has 0 saturated heterocycles. The van der Waals surface area contributed by atoms with Crippen molar-refractivity contribution in [3.05, 3.63) is 126 Å². The largest absolute Gasteiger partial charge is 0.419 e. The highest BCUT2D eigenvalue weighted by atomic mass is 35.5. The number of benzene rings is 4. The highest BCUT2D eigenvalue weighted by Crippen LogP contribution is 2.49. The van der Waals surface area contributed by atoms with E-state index in [1.165, 1.54) is 11.0 Å². The van der Waals surface area contributed by atoms with Crippen LogP contribution in [0.1, 0.15) is 101 Å². The minimum atomic E-state index is -4.88. The molecule has 0 saturated carbocycles. The summed E-state index contributed by atoms with van der Waals surface area (Å²) in [6.45, 7) is 6.03. The molecule has 6 rings (SSSR count). The lowest BCUT2D eigenvalue weighted by Gasteiger charge is -2.33. The normalized spacial score (nSPS) is 15.7. The van der Waals surface area contributed by atoms with Crippen LogP contribution in [0.5, 0.6) is 0 Å². The fraction of sp³-hybridized carbons (Fsp3) is 0.333. The quantitative estimate of drug-likeness (QED) is 0.146. The van der Waals surface area contributed by atoms with Crippen molar-refractivity contribution < 1.29 is 30.7 Å². The van der Waals surface area contributed by atoms with Gasteiger partial charge in [0.2, 0.25) is 0 Å². The zero-order valence-electron chi connectivity index (χ0n) is 29.3. The molecule has 0 spiro atoms. The van der Waals surface area contributed by atoms with Crippen LogP contribution in [0.4, 0.5) is 42.1 Å². The molecule has 11 heteroatoms. The van der Waals surface area contributed by atoms with Gasteiger partial charge in [0.15, 0.2) is 5.82 Å². The Labute approximate surface area is 309 Å². The van der Waals surface area contributed by atoms with Crippen molar-refractivity contribution in [1.29, 1.82) is 10.5 Å². The van der Waals surface area contributed by atoms with E-state index >= 15 is 0 Å². The summed E-state index contributed by atoms with van der Waals surface area (Å²) in [5.74, 6) is -3.80. The molecular formula is C42H35ClF7N3. The maximum Gasteiger partial charge on any atom is 0.419 e. The summed E-state index contributed by atoms with van der Waals surface area (Å²) >= 11 is 6.26. The van der Waals surface area contributed by atoms with Gasteiger partial charge < -0.3 is 4.90 Å². The van der Waals surface area contributed by atoms with Crippen LogP contribution >= 0.6 is 11.6 Å². The smallest absolute Gasteiger partial charge is 0.339 e. The third kappa shape index (κ3) is 7.73. The number of alkyl halides is 5. The number of halogens is 8. The van der Waals surface area contributed by atoms with E-state index in [1.54, 1.807) is 13.0 Å². The van der Waals surface area contributed by atoms with Crippen molar-refractivity contribution in [3.8, 4) is 24.5 Å². The number of terminal acetylenes is 1. The summed E-state index contributed by atoms with van der Waals surface area (Å²) in [5, 5.41) is 19.4. The lowest BCUT2D eigenvalue weighted by atomic mass is 9.88. The number of nitrogens with zero attached hydrogens (tertiary/aromatic N) is 3. The van der Waals surface area contributed by atoms with Gasteiger partial charge in [0, 0.05) is 23.9 Å². The van der Waals surface area contributed by atoms with E-state index in [4.69, 9.17) is 18.0 Å². The Morgan fingerprint density at radius 1 is 0.981 bits per heavy atom. The maximum atomic E-state index is 14.4. The minimum absolute atomic E-state index is 0.0166. The number of anilines is 2. The van der Waals surface area contributed by atoms with Crippen LogP contribution < -0.4 is 4.90 Å². The van der Waals surface area contributed by atoms with E-state index in [9.17, 15) is 41.3 Å². The third-order valence-corrected chi connectivity index (χ3v) is 10.3. The molecule has 1 aliphatic heterocycles. The van der Waals surface area contributed by atoms with Crippen LogP contribution in [0.2, 0.25) is 5.02 Å². The molecule has 4 aromatic carbocycles. The van der Waals surface area contributed by atoms with Gasteiger partial charge in [-0.3, -0.25) is 0 Å². The Morgan fingerprint density at radius 3 is 2.32 bits per heavy atom. The summed E-state index contributed by atoms with van der Waals surface area (Å²) in [7, 11) is 0. The van der Waals surface area contributed by atoms with E-state index < -0.39 is 40.8 Å². The molecule has 0 bridgehead atoms. The number of hydrogen-bond donors (Lipinski definition) is 0. The summed E-state index contributed by atoms with van der Waals surface area (Å²) in [6.07, 6.45) is 4.36. The zero-order valence-corrected chi connectivity index (χ0v) is 30.1. The molecule has 1 unspecified atom stereocenters. The van der Waals surface area contributed by atoms with Crippen LogP contribution in [0, 0.1) is 46.6 Å². The first-order valence-corrected chi connectivity index (χ1v) is 17.6. The van der Waals surface area contributed by atoms with Crippen molar-refractivity contribution in [1.82, 2.24) is 0 Å². The molecule has 0 aromatic heterocycles. The van der Waals surface area contributed by atoms with Gasteiger partial charge in [-0.2, -0.15) is 23.7 Å². The van der Waals surface area contributed by atoms with Gasteiger partial charge in [0.1, 0.15) is 11.9 Å². The third-order valence-electron chi connectivity index (χ3n) is 9.93. The molecular weight excluding hydrogens is 715 g/mol. The molecule has 53 heavy (non-hydrogen) atoms. The number of hydrogen-bond acceptors (Lipinski definition) is 3. The minimum Gasteiger partial charge on any atom is -0.339 e. The number of fused-ring (bicyclic) bond motifs is 2. The molecule has 1 aliphatic carbocycles. The van der Waals surface area contributed by atoms with E-state index in [2.05, 4.69) is 26.0 Å². The fourth-order valence-electron chi connectivity index (χ4n) is 7.29. The Balaban J connectivity index is 0.000000204. The van der Waals surface area contributed by atoms with Gasteiger partial charge in [-0.25, -0.2) is 17.6 Å². The molecule has 2 aliphatic rings. The monoisotopic (exact) mass is 749 g/mol. The predicted molar refractivity (Wildman–Crippen MR) is 192 cm³/mol. The lowest BCUT2D eigenvalue weighted by Crippen LogP contribution is -2.27. The predicted octanol–water partition coefficient (Wildman–Crippen LogP) is 11.5. The molecule has 0 radical (unpaired) electrons. The first kappa shape index (κ1) is 39.2. The molecule has 274 valence electrons. The van der Waals surface area contributed by atoms with Crippen molar-refractivity contribution >= 4 is 23.0 Å². The number of aryl methyl sites for hydroxylation is 3. The highest BCUT2D eigenvalue weighted by molar-refractivity contribution is 6.31. The summed E-state index contributed by atoms with van der Waals surface area (Å²) < 4.78 is 95.6. The molecule has 0 N–H and O–H groups in total. The van der Waals surface area contributed by atoms with Crippen molar-refractivity contribution in [2.45, 2.75) is 83.7 Å². The van der Waals surface area contributed by atoms with Crippen LogP contribution in [-0.4, -0.2) is 12.5 Å². The van der Waals surface area contributed by atoms with Gasteiger partial charge in [0.25, 0.3) is 5.92 Å². The number of nitriles is 2. The zero-order chi connectivity index (χ0) is 38.8. The van der Waals surface area contributed by atoms with E-state index in [0.29, 0.717) is 64.8 Å². The second-order valence-corrected chi connectivity index (χ2v) is 13.6. The highest BCUT2D eigenvalue weighted by Gasteiger charge is 2.46. The van der Waals surface area contributed by atoms with E-state index in [0.717, 1.165) is 53.6 Å². The molecule has 1 atom stereocenters. The maximum absolute atomic E-state index is 14.4. The SMILES string of the molecule is C#Cc1c(N2CCCc3cc(F)cc(C#N)c32)ccc(C(F)(F)F)c1F.CCCc1cc(CC)cc(C#N)c1Cc1ccc(Cl)c2c1CC(F)(F)C2C. The van der Waals surface area contributed by atoms with Gasteiger partial charge in [-0.1, -0.05) is 56.8 Å². The standard InChI is InChI=1S/C23H24ClF2N.C19H11F5N2/c1-4-6-16-9-15(5-2)10-18(13-27)19(16)11-17-7-8-21(24)22-14(3)23(25,26)12-20(17)22;1-2-14-16(6-5-15(17(14)21)19(22,23)24)26-7-3-4-11-8-13(20)9-12(10-25)18(11)26/h7-10,14H,4-6,11-12H2,1-3H3;1,5-6,8-9H,3-4,7H2. The van der Waals surface area contributed by atoms with Crippen LogP contribution in [0.25, 0.3) is 0 Å². The Bertz CT molecular complexity index is 2190.